The second-order valence-corrected chi connectivity index (χ2v) is 3.47. The number of nitrogens with zero attached hydrogens (tertiary/aromatic N) is 4. The van der Waals surface area contributed by atoms with E-state index in [9.17, 15) is 20.2 Å². The van der Waals surface area contributed by atoms with Gasteiger partial charge in [0.25, 0.3) is 11.4 Å². The number of rotatable bonds is 3. The number of nitro benzene ring substituents is 2. The molecule has 17 heavy (non-hydrogen) atoms. The fraction of sp³-hybridized carbons (Fsp3) is 0.222. The highest BCUT2D eigenvalue weighted by molar-refractivity contribution is 5.73. The minimum Gasteiger partial charge on any atom is -0.362 e. The van der Waals surface area contributed by atoms with E-state index in [0.717, 1.165) is 6.07 Å². The molecule has 8 heteroatoms. The smallest absolute Gasteiger partial charge is 0.299 e. The molecule has 1 aliphatic rings. The highest BCUT2D eigenvalue weighted by atomic mass is 16.6. The zero-order valence-corrected chi connectivity index (χ0v) is 8.49. The summed E-state index contributed by atoms with van der Waals surface area (Å²) in [6.45, 7) is 1.31. The first-order valence-electron chi connectivity index (χ1n) is 4.66. The van der Waals surface area contributed by atoms with Gasteiger partial charge in [-0.1, -0.05) is 0 Å². The van der Waals surface area contributed by atoms with E-state index in [4.69, 9.17) is 5.26 Å². The molecule has 1 fully saturated rings. The summed E-state index contributed by atoms with van der Waals surface area (Å²) in [7, 11) is 0. The first kappa shape index (κ1) is 10.8. The monoisotopic (exact) mass is 234 g/mol. The molecule has 1 heterocycles. The van der Waals surface area contributed by atoms with E-state index in [1.807, 2.05) is 0 Å². The van der Waals surface area contributed by atoms with Gasteiger partial charge in [-0.15, -0.1) is 0 Å². The second kappa shape index (κ2) is 3.71. The average molecular weight is 234 g/mol. The zero-order chi connectivity index (χ0) is 12.6. The first-order valence-corrected chi connectivity index (χ1v) is 4.66. The first-order chi connectivity index (χ1) is 8.04. The zero-order valence-electron chi connectivity index (χ0n) is 8.49. The third-order valence-corrected chi connectivity index (χ3v) is 2.39. The van der Waals surface area contributed by atoms with Gasteiger partial charge in [0.15, 0.2) is 0 Å². The van der Waals surface area contributed by atoms with Crippen molar-refractivity contribution in [3.8, 4) is 6.07 Å². The highest BCUT2D eigenvalue weighted by Gasteiger charge is 2.31. The van der Waals surface area contributed by atoms with Crippen LogP contribution in [-0.4, -0.2) is 22.9 Å². The molecule has 0 bridgehead atoms. The largest absolute Gasteiger partial charge is 0.362 e. The SMILES string of the molecule is N#Cc1cc(N2CC2)c([N+](=O)[O-])cc1[N+](=O)[O-]. The fourth-order valence-corrected chi connectivity index (χ4v) is 1.50. The summed E-state index contributed by atoms with van der Waals surface area (Å²) in [5.74, 6) is 0. The van der Waals surface area contributed by atoms with Crippen LogP contribution in [0.15, 0.2) is 12.1 Å². The molecule has 0 saturated carbocycles. The van der Waals surface area contributed by atoms with Crippen molar-refractivity contribution in [2.75, 3.05) is 18.0 Å². The summed E-state index contributed by atoms with van der Waals surface area (Å²) in [5.41, 5.74) is -0.780. The molecule has 86 valence electrons. The van der Waals surface area contributed by atoms with Crippen molar-refractivity contribution in [1.82, 2.24) is 0 Å². The van der Waals surface area contributed by atoms with Gasteiger partial charge in [-0.3, -0.25) is 20.2 Å². The quantitative estimate of drug-likeness (QED) is 0.441. The number of nitro groups is 2. The van der Waals surface area contributed by atoms with Crippen LogP contribution in [0.5, 0.6) is 0 Å². The van der Waals surface area contributed by atoms with Gasteiger partial charge < -0.3 is 4.90 Å². The van der Waals surface area contributed by atoms with Crippen molar-refractivity contribution in [2.45, 2.75) is 0 Å². The Labute approximate surface area is 95.0 Å². The predicted octanol–water partition coefficient (Wildman–Crippen LogP) is 1.19. The highest BCUT2D eigenvalue weighted by Crippen LogP contribution is 2.37. The van der Waals surface area contributed by atoms with Gasteiger partial charge in [-0.05, 0) is 6.07 Å². The summed E-state index contributed by atoms with van der Waals surface area (Å²) in [6.07, 6.45) is 0. The van der Waals surface area contributed by atoms with E-state index >= 15 is 0 Å². The number of anilines is 1. The Bertz CT molecular complexity index is 559. The van der Waals surface area contributed by atoms with Gasteiger partial charge in [0.1, 0.15) is 17.3 Å². The van der Waals surface area contributed by atoms with Crippen LogP contribution >= 0.6 is 0 Å². The molecule has 1 aliphatic heterocycles. The van der Waals surface area contributed by atoms with Crippen LogP contribution in [0, 0.1) is 31.6 Å². The Kier molecular flexibility index (Phi) is 2.36. The van der Waals surface area contributed by atoms with Gasteiger partial charge in [-0.2, -0.15) is 5.26 Å². The molecule has 1 aromatic carbocycles. The third kappa shape index (κ3) is 1.85. The van der Waals surface area contributed by atoms with Crippen molar-refractivity contribution in [2.24, 2.45) is 0 Å². The van der Waals surface area contributed by atoms with E-state index in [1.165, 1.54) is 6.07 Å². The number of benzene rings is 1. The predicted molar refractivity (Wildman–Crippen MR) is 56.7 cm³/mol. The Hall–Kier alpha value is -2.69. The molecule has 0 aromatic heterocycles. The van der Waals surface area contributed by atoms with Crippen molar-refractivity contribution >= 4 is 17.1 Å². The lowest BCUT2D eigenvalue weighted by Gasteiger charge is -2.04. The average Bonchev–Trinajstić information content (AvgIpc) is 3.10. The van der Waals surface area contributed by atoms with Crippen LogP contribution in [0.2, 0.25) is 0 Å². The van der Waals surface area contributed by atoms with Crippen molar-refractivity contribution < 1.29 is 9.85 Å². The number of hydrogen-bond acceptors (Lipinski definition) is 6. The summed E-state index contributed by atoms with van der Waals surface area (Å²) in [4.78, 5) is 21.7. The normalized spacial score (nSPS) is 13.0. The lowest BCUT2D eigenvalue weighted by molar-refractivity contribution is -0.393. The van der Waals surface area contributed by atoms with Crippen molar-refractivity contribution in [3.05, 3.63) is 37.9 Å². The van der Waals surface area contributed by atoms with Crippen LogP contribution in [0.25, 0.3) is 0 Å². The topological polar surface area (TPSA) is 113 Å². The minimum absolute atomic E-state index is 0.164. The maximum atomic E-state index is 10.8. The second-order valence-electron chi connectivity index (χ2n) is 3.47. The van der Waals surface area contributed by atoms with Crippen LogP contribution in [0.4, 0.5) is 17.1 Å². The maximum Gasteiger partial charge on any atom is 0.299 e. The lowest BCUT2D eigenvalue weighted by Crippen LogP contribution is -2.01. The molecule has 0 radical (unpaired) electrons. The van der Waals surface area contributed by atoms with Crippen LogP contribution in [-0.2, 0) is 0 Å². The summed E-state index contributed by atoms with van der Waals surface area (Å²) >= 11 is 0. The Morgan fingerprint density at radius 3 is 2.18 bits per heavy atom. The molecule has 0 atom stereocenters. The maximum absolute atomic E-state index is 10.8. The van der Waals surface area contributed by atoms with Crippen molar-refractivity contribution in [1.29, 1.82) is 5.26 Å². The number of hydrogen-bond donors (Lipinski definition) is 0. The van der Waals surface area contributed by atoms with Gasteiger partial charge in [-0.25, -0.2) is 0 Å². The van der Waals surface area contributed by atoms with Gasteiger partial charge >= 0.3 is 0 Å². The lowest BCUT2D eigenvalue weighted by atomic mass is 10.1. The van der Waals surface area contributed by atoms with E-state index in [-0.39, 0.29) is 16.9 Å². The molecule has 0 spiro atoms. The molecule has 8 nitrogen and oxygen atoms in total. The van der Waals surface area contributed by atoms with E-state index in [2.05, 4.69) is 0 Å². The van der Waals surface area contributed by atoms with E-state index < -0.39 is 15.5 Å². The molecule has 0 unspecified atom stereocenters. The Morgan fingerprint density at radius 1 is 1.18 bits per heavy atom. The minimum atomic E-state index is -0.794. The standard InChI is InChI=1S/C9H6N4O4/c10-5-6-3-8(11-1-2-11)9(13(16)17)4-7(6)12(14)15/h3-4H,1-2H2. The van der Waals surface area contributed by atoms with Crippen LogP contribution in [0.3, 0.4) is 0 Å². The molecule has 2 rings (SSSR count). The molecule has 0 aliphatic carbocycles. The summed E-state index contributed by atoms with van der Waals surface area (Å²) in [6, 6.07) is 3.71. The molecule has 0 N–H and O–H groups in total. The van der Waals surface area contributed by atoms with Gasteiger partial charge in [0.2, 0.25) is 0 Å². The fourth-order valence-electron chi connectivity index (χ4n) is 1.50. The summed E-state index contributed by atoms with van der Waals surface area (Å²) in [5, 5.41) is 30.3. The van der Waals surface area contributed by atoms with Crippen LogP contribution in [0.1, 0.15) is 5.56 Å². The van der Waals surface area contributed by atoms with Crippen molar-refractivity contribution in [3.63, 3.8) is 0 Å². The molecule has 1 aromatic rings. The Morgan fingerprint density at radius 2 is 1.76 bits per heavy atom. The molecular weight excluding hydrogens is 228 g/mol. The van der Waals surface area contributed by atoms with E-state index in [1.54, 1.807) is 11.0 Å². The third-order valence-electron chi connectivity index (χ3n) is 2.39. The van der Waals surface area contributed by atoms with E-state index in [0.29, 0.717) is 13.1 Å². The molecule has 0 amide bonds. The summed E-state index contributed by atoms with van der Waals surface area (Å²) < 4.78 is 0. The molecular formula is C9H6N4O4. The Balaban J connectivity index is 2.65. The van der Waals surface area contributed by atoms with Gasteiger partial charge in [0, 0.05) is 13.1 Å². The van der Waals surface area contributed by atoms with Crippen LogP contribution < -0.4 is 4.90 Å². The molecule has 1 saturated heterocycles. The number of nitriles is 1. The van der Waals surface area contributed by atoms with Gasteiger partial charge in [0.05, 0.1) is 15.9 Å².